The minimum Gasteiger partial charge on any atom is -0.332 e. The molecule has 3 nitrogen and oxygen atoms in total. The molecule has 2 aromatic carbocycles. The van der Waals surface area contributed by atoms with Gasteiger partial charge in [-0.05, 0) is 66.8 Å². The van der Waals surface area contributed by atoms with Gasteiger partial charge in [0.25, 0.3) is 0 Å². The number of aryl methyl sites for hydroxylation is 1. The Morgan fingerprint density at radius 3 is 2.31 bits per heavy atom. The maximum atomic E-state index is 13.4. The van der Waals surface area contributed by atoms with Gasteiger partial charge in [-0.1, -0.05) is 23.9 Å². The molecule has 2 heterocycles. The van der Waals surface area contributed by atoms with Crippen LogP contribution in [0.1, 0.15) is 5.56 Å². The molecule has 0 aliphatic heterocycles. The van der Waals surface area contributed by atoms with E-state index in [9.17, 15) is 4.39 Å². The van der Waals surface area contributed by atoms with Crippen molar-refractivity contribution in [3.63, 3.8) is 0 Å². The van der Waals surface area contributed by atoms with Crippen molar-refractivity contribution >= 4 is 23.5 Å². The highest BCUT2D eigenvalue weighted by molar-refractivity contribution is 7.99. The second-order valence-corrected chi connectivity index (χ2v) is 8.42. The van der Waals surface area contributed by atoms with E-state index >= 15 is 0 Å². The number of nitrogens with zero attached hydrogens (tertiary/aromatic N) is 2. The number of nitrogens with one attached hydrogen (secondary N) is 1. The zero-order valence-corrected chi connectivity index (χ0v) is 17.6. The molecule has 0 unspecified atom stereocenters. The van der Waals surface area contributed by atoms with E-state index in [1.807, 2.05) is 12.1 Å². The molecule has 0 bridgehead atoms. The highest BCUT2D eigenvalue weighted by atomic mass is 32.2. The van der Waals surface area contributed by atoms with Crippen LogP contribution in [0.3, 0.4) is 0 Å². The summed E-state index contributed by atoms with van der Waals surface area (Å²) in [6, 6.07) is 19.0. The van der Waals surface area contributed by atoms with Gasteiger partial charge in [-0.2, -0.15) is 0 Å². The Kier molecular flexibility index (Phi) is 6.32. The number of aromatic amines is 1. The number of benzene rings is 2. The first-order chi connectivity index (χ1) is 14.2. The Hall–Kier alpha value is -2.57. The van der Waals surface area contributed by atoms with E-state index in [1.54, 1.807) is 48.1 Å². The lowest BCUT2D eigenvalue weighted by Gasteiger charge is -2.03. The summed E-state index contributed by atoms with van der Waals surface area (Å²) in [5.41, 5.74) is 4.95. The second-order valence-electron chi connectivity index (χ2n) is 6.45. The van der Waals surface area contributed by atoms with Crippen LogP contribution in [0.5, 0.6) is 0 Å². The SMILES string of the molecule is CSc1ccc(CCSc2nc(-c3ccncc3)c(-c3ccc(F)cc3)[nH]2)cc1. The quantitative estimate of drug-likeness (QED) is 0.354. The molecule has 146 valence electrons. The van der Waals surface area contributed by atoms with Crippen LogP contribution in [0.15, 0.2) is 83.1 Å². The Balaban J connectivity index is 1.55. The summed E-state index contributed by atoms with van der Waals surface area (Å²) in [6.45, 7) is 0. The maximum Gasteiger partial charge on any atom is 0.166 e. The summed E-state index contributed by atoms with van der Waals surface area (Å²) >= 11 is 3.44. The Labute approximate surface area is 178 Å². The average Bonchev–Trinajstić information content (AvgIpc) is 3.19. The number of imidazole rings is 1. The molecule has 0 spiro atoms. The van der Waals surface area contributed by atoms with E-state index in [4.69, 9.17) is 4.98 Å². The minimum atomic E-state index is -0.249. The standard InChI is InChI=1S/C23H20FN3S2/c1-28-20-8-2-16(3-9-20)12-15-29-23-26-21(17-4-6-19(24)7-5-17)22(27-23)18-10-13-25-14-11-18/h2-11,13-14H,12,15H2,1H3,(H,26,27). The van der Waals surface area contributed by atoms with Crippen LogP contribution in [0, 0.1) is 5.82 Å². The molecular weight excluding hydrogens is 401 g/mol. The van der Waals surface area contributed by atoms with Crippen molar-refractivity contribution in [3.05, 3.63) is 84.4 Å². The molecule has 0 saturated heterocycles. The number of halogens is 1. The molecule has 4 rings (SSSR count). The average molecular weight is 422 g/mol. The van der Waals surface area contributed by atoms with E-state index in [2.05, 4.69) is 40.5 Å². The van der Waals surface area contributed by atoms with Crippen molar-refractivity contribution in [1.82, 2.24) is 15.0 Å². The number of hydrogen-bond acceptors (Lipinski definition) is 4. The summed E-state index contributed by atoms with van der Waals surface area (Å²) in [6.07, 6.45) is 6.56. The molecule has 0 atom stereocenters. The lowest BCUT2D eigenvalue weighted by molar-refractivity contribution is 0.628. The van der Waals surface area contributed by atoms with Crippen LogP contribution in [0.4, 0.5) is 4.39 Å². The van der Waals surface area contributed by atoms with Crippen molar-refractivity contribution in [2.24, 2.45) is 0 Å². The van der Waals surface area contributed by atoms with Crippen molar-refractivity contribution in [3.8, 4) is 22.5 Å². The van der Waals surface area contributed by atoms with Crippen LogP contribution < -0.4 is 0 Å². The van der Waals surface area contributed by atoms with Crippen molar-refractivity contribution < 1.29 is 4.39 Å². The highest BCUT2D eigenvalue weighted by Gasteiger charge is 2.14. The van der Waals surface area contributed by atoms with Crippen LogP contribution in [0.2, 0.25) is 0 Å². The number of thioether (sulfide) groups is 2. The summed E-state index contributed by atoms with van der Waals surface area (Å²) in [5.74, 6) is 0.672. The largest absolute Gasteiger partial charge is 0.332 e. The van der Waals surface area contributed by atoms with E-state index in [-0.39, 0.29) is 5.82 Å². The molecule has 6 heteroatoms. The van der Waals surface area contributed by atoms with Gasteiger partial charge in [-0.3, -0.25) is 4.98 Å². The number of hydrogen-bond donors (Lipinski definition) is 1. The van der Waals surface area contributed by atoms with Crippen molar-refractivity contribution in [2.45, 2.75) is 16.5 Å². The third kappa shape index (κ3) is 4.89. The summed E-state index contributed by atoms with van der Waals surface area (Å²) < 4.78 is 13.4. The summed E-state index contributed by atoms with van der Waals surface area (Å²) in [7, 11) is 0. The molecule has 0 aliphatic rings. The lowest BCUT2D eigenvalue weighted by Crippen LogP contribution is -1.89. The molecule has 0 amide bonds. The van der Waals surface area contributed by atoms with Crippen LogP contribution >= 0.6 is 23.5 Å². The van der Waals surface area contributed by atoms with Gasteiger partial charge >= 0.3 is 0 Å². The topological polar surface area (TPSA) is 41.6 Å². The third-order valence-electron chi connectivity index (χ3n) is 4.56. The van der Waals surface area contributed by atoms with Gasteiger partial charge in [0, 0.05) is 34.2 Å². The van der Waals surface area contributed by atoms with Crippen LogP contribution in [0.25, 0.3) is 22.5 Å². The summed E-state index contributed by atoms with van der Waals surface area (Å²) in [5, 5.41) is 0.858. The first kappa shape index (κ1) is 19.7. The molecule has 1 N–H and O–H groups in total. The fraction of sp³-hybridized carbons (Fsp3) is 0.130. The van der Waals surface area contributed by atoms with Gasteiger partial charge in [0.05, 0.1) is 11.4 Å². The Bertz CT molecular complexity index is 1060. The highest BCUT2D eigenvalue weighted by Crippen LogP contribution is 2.32. The predicted octanol–water partition coefficient (Wildman–Crippen LogP) is 6.33. The van der Waals surface area contributed by atoms with E-state index < -0.39 is 0 Å². The normalized spacial score (nSPS) is 11.0. The van der Waals surface area contributed by atoms with E-state index in [1.165, 1.54) is 22.6 Å². The zero-order chi connectivity index (χ0) is 20.1. The fourth-order valence-corrected chi connectivity index (χ4v) is 4.29. The Morgan fingerprint density at radius 1 is 0.897 bits per heavy atom. The maximum absolute atomic E-state index is 13.4. The number of rotatable bonds is 7. The lowest BCUT2D eigenvalue weighted by atomic mass is 10.1. The molecule has 0 fully saturated rings. The number of pyridine rings is 1. The number of aromatic nitrogens is 3. The monoisotopic (exact) mass is 421 g/mol. The molecule has 4 aromatic rings. The van der Waals surface area contributed by atoms with Gasteiger partial charge in [0.1, 0.15) is 5.82 Å². The Morgan fingerprint density at radius 2 is 1.62 bits per heavy atom. The van der Waals surface area contributed by atoms with Gasteiger partial charge < -0.3 is 4.98 Å². The van der Waals surface area contributed by atoms with Crippen molar-refractivity contribution in [2.75, 3.05) is 12.0 Å². The van der Waals surface area contributed by atoms with Crippen molar-refractivity contribution in [1.29, 1.82) is 0 Å². The minimum absolute atomic E-state index is 0.249. The van der Waals surface area contributed by atoms with Gasteiger partial charge in [-0.15, -0.1) is 11.8 Å². The predicted molar refractivity (Wildman–Crippen MR) is 120 cm³/mol. The van der Waals surface area contributed by atoms with Gasteiger partial charge in [-0.25, -0.2) is 9.37 Å². The molecule has 2 aromatic heterocycles. The molecule has 0 aliphatic carbocycles. The number of H-pyrrole nitrogens is 1. The first-order valence-electron chi connectivity index (χ1n) is 9.25. The van der Waals surface area contributed by atoms with Crippen LogP contribution in [-0.4, -0.2) is 27.0 Å². The summed E-state index contributed by atoms with van der Waals surface area (Å²) in [4.78, 5) is 13.6. The smallest absolute Gasteiger partial charge is 0.166 e. The second kappa shape index (κ2) is 9.29. The third-order valence-corrected chi connectivity index (χ3v) is 6.18. The zero-order valence-electron chi connectivity index (χ0n) is 15.9. The molecular formula is C23H20FN3S2. The van der Waals surface area contributed by atoms with Gasteiger partial charge in [0.2, 0.25) is 0 Å². The fourth-order valence-electron chi connectivity index (χ4n) is 3.02. The molecule has 0 radical (unpaired) electrons. The molecule has 0 saturated carbocycles. The molecule has 29 heavy (non-hydrogen) atoms. The first-order valence-corrected chi connectivity index (χ1v) is 11.5. The van der Waals surface area contributed by atoms with E-state index in [0.717, 1.165) is 39.8 Å². The van der Waals surface area contributed by atoms with E-state index in [0.29, 0.717) is 0 Å². The van der Waals surface area contributed by atoms with Gasteiger partial charge in [0.15, 0.2) is 5.16 Å². The van der Waals surface area contributed by atoms with Crippen LogP contribution in [-0.2, 0) is 6.42 Å².